The van der Waals surface area contributed by atoms with E-state index in [1.165, 1.54) is 57.8 Å². The molecule has 0 atom stereocenters. The molecule has 0 bridgehead atoms. The third kappa shape index (κ3) is 7.96. The fourth-order valence-electron chi connectivity index (χ4n) is 2.54. The largest absolute Gasteiger partial charge is 0.461 e. The highest BCUT2D eigenvalue weighted by Crippen LogP contribution is 2.23. The summed E-state index contributed by atoms with van der Waals surface area (Å²) in [5.74, 6) is -0.121. The molecule has 0 radical (unpaired) electrons. The zero-order chi connectivity index (χ0) is 14.1. The topological polar surface area (TPSA) is 26.3 Å². The Morgan fingerprint density at radius 1 is 0.895 bits per heavy atom. The molecule has 0 N–H and O–H groups in total. The van der Waals surface area contributed by atoms with Crippen LogP contribution in [0.3, 0.4) is 0 Å². The van der Waals surface area contributed by atoms with Crippen molar-refractivity contribution < 1.29 is 9.53 Å². The minimum atomic E-state index is -0.559. The minimum absolute atomic E-state index is 0.121. The van der Waals surface area contributed by atoms with Gasteiger partial charge in [0.1, 0.15) is 10.4 Å². The first kappa shape index (κ1) is 17.0. The summed E-state index contributed by atoms with van der Waals surface area (Å²) in [5.41, 5.74) is 0. The molecule has 112 valence electrons. The van der Waals surface area contributed by atoms with E-state index in [0.717, 1.165) is 12.8 Å². The van der Waals surface area contributed by atoms with Gasteiger partial charge in [-0.25, -0.2) is 0 Å². The molecule has 3 heteroatoms. The number of alkyl halides is 1. The molecule has 0 aromatic carbocycles. The molecule has 2 nitrogen and oxygen atoms in total. The molecule has 0 aliphatic heterocycles. The van der Waals surface area contributed by atoms with Gasteiger partial charge in [0.2, 0.25) is 0 Å². The van der Waals surface area contributed by atoms with Gasteiger partial charge in [-0.1, -0.05) is 60.9 Å². The first-order valence-corrected chi connectivity index (χ1v) is 8.69. The molecule has 1 aliphatic carbocycles. The second-order valence-electron chi connectivity index (χ2n) is 6.26. The molecule has 1 rings (SSSR count). The van der Waals surface area contributed by atoms with Crippen molar-refractivity contribution in [1.82, 2.24) is 0 Å². The lowest BCUT2D eigenvalue weighted by molar-refractivity contribution is -0.151. The predicted octanol–water partition coefficient (Wildman–Crippen LogP) is 5.38. The lowest BCUT2D eigenvalue weighted by Gasteiger charge is -2.23. The van der Waals surface area contributed by atoms with Crippen LogP contribution in [0.25, 0.3) is 0 Å². The summed E-state index contributed by atoms with van der Waals surface area (Å²) >= 11 is 3.38. The molecule has 0 heterocycles. The number of hydrogen-bond acceptors (Lipinski definition) is 2. The quantitative estimate of drug-likeness (QED) is 0.501. The van der Waals surface area contributed by atoms with Gasteiger partial charge in [0.25, 0.3) is 0 Å². The van der Waals surface area contributed by atoms with Crippen molar-refractivity contribution in [2.75, 3.05) is 0 Å². The summed E-state index contributed by atoms with van der Waals surface area (Å²) in [6, 6.07) is 0. The van der Waals surface area contributed by atoms with Crippen LogP contribution in [0.5, 0.6) is 0 Å². The zero-order valence-electron chi connectivity index (χ0n) is 12.5. The van der Waals surface area contributed by atoms with E-state index in [1.807, 2.05) is 13.8 Å². The van der Waals surface area contributed by atoms with Gasteiger partial charge in [0.15, 0.2) is 0 Å². The van der Waals surface area contributed by atoms with Crippen LogP contribution in [-0.4, -0.2) is 16.4 Å². The monoisotopic (exact) mass is 332 g/mol. The molecular formula is C16H29BrO2. The molecule has 0 amide bonds. The standard InChI is InChI=1S/C16H29BrO2/c1-16(2,17)15(18)19-14-12-10-8-6-4-3-5-7-9-11-13-14/h14H,3-13H2,1-2H3. The maximum atomic E-state index is 11.9. The molecule has 0 saturated heterocycles. The number of ether oxygens (including phenoxy) is 1. The Hall–Kier alpha value is -0.0500. The molecular weight excluding hydrogens is 304 g/mol. The molecule has 0 spiro atoms. The van der Waals surface area contributed by atoms with Crippen LogP contribution in [0.1, 0.15) is 84.5 Å². The summed E-state index contributed by atoms with van der Waals surface area (Å²) in [4.78, 5) is 11.9. The first-order valence-electron chi connectivity index (χ1n) is 7.90. The number of carbonyl (C=O) groups excluding carboxylic acids is 1. The molecule has 1 fully saturated rings. The maximum Gasteiger partial charge on any atom is 0.322 e. The minimum Gasteiger partial charge on any atom is -0.461 e. The van der Waals surface area contributed by atoms with E-state index in [0.29, 0.717) is 0 Å². The first-order chi connectivity index (χ1) is 9.00. The summed E-state index contributed by atoms with van der Waals surface area (Å²) in [6.07, 6.45) is 14.0. The highest BCUT2D eigenvalue weighted by Gasteiger charge is 2.28. The maximum absolute atomic E-state index is 11.9. The molecule has 0 aromatic heterocycles. The van der Waals surface area contributed by atoms with Crippen molar-refractivity contribution >= 4 is 21.9 Å². The zero-order valence-corrected chi connectivity index (χ0v) is 14.1. The van der Waals surface area contributed by atoms with Gasteiger partial charge >= 0.3 is 5.97 Å². The smallest absolute Gasteiger partial charge is 0.322 e. The van der Waals surface area contributed by atoms with Crippen LogP contribution >= 0.6 is 15.9 Å². The molecule has 1 saturated carbocycles. The molecule has 0 unspecified atom stereocenters. The lowest BCUT2D eigenvalue weighted by Crippen LogP contribution is -2.31. The average Bonchev–Trinajstić information content (AvgIpc) is 2.31. The van der Waals surface area contributed by atoms with Gasteiger partial charge in [-0.15, -0.1) is 0 Å². The van der Waals surface area contributed by atoms with Crippen LogP contribution in [0.15, 0.2) is 0 Å². The number of carbonyl (C=O) groups is 1. The highest BCUT2D eigenvalue weighted by atomic mass is 79.9. The number of esters is 1. The Morgan fingerprint density at radius 3 is 1.63 bits per heavy atom. The van der Waals surface area contributed by atoms with Crippen molar-refractivity contribution in [2.45, 2.75) is 94.9 Å². The van der Waals surface area contributed by atoms with E-state index < -0.39 is 4.32 Å². The summed E-state index contributed by atoms with van der Waals surface area (Å²) in [5, 5.41) is 0. The molecule has 1 aliphatic rings. The fraction of sp³-hybridized carbons (Fsp3) is 0.938. The Bertz CT molecular complexity index is 246. The highest BCUT2D eigenvalue weighted by molar-refractivity contribution is 9.10. The van der Waals surface area contributed by atoms with Crippen LogP contribution in [0.2, 0.25) is 0 Å². The Balaban J connectivity index is 2.40. The van der Waals surface area contributed by atoms with Crippen molar-refractivity contribution in [3.8, 4) is 0 Å². The van der Waals surface area contributed by atoms with Crippen LogP contribution in [0, 0.1) is 0 Å². The van der Waals surface area contributed by atoms with E-state index in [1.54, 1.807) is 0 Å². The van der Waals surface area contributed by atoms with Gasteiger partial charge in [-0.2, -0.15) is 0 Å². The molecule has 19 heavy (non-hydrogen) atoms. The fourth-order valence-corrected chi connectivity index (χ4v) is 2.63. The van der Waals surface area contributed by atoms with Crippen LogP contribution in [0.4, 0.5) is 0 Å². The van der Waals surface area contributed by atoms with Gasteiger partial charge in [0.05, 0.1) is 0 Å². The lowest BCUT2D eigenvalue weighted by atomic mass is 9.99. The van der Waals surface area contributed by atoms with Gasteiger partial charge in [0, 0.05) is 0 Å². The number of halogens is 1. The van der Waals surface area contributed by atoms with E-state index in [2.05, 4.69) is 15.9 Å². The summed E-state index contributed by atoms with van der Waals surface area (Å²) in [7, 11) is 0. The average molecular weight is 333 g/mol. The number of rotatable bonds is 2. The van der Waals surface area contributed by atoms with Crippen molar-refractivity contribution in [3.63, 3.8) is 0 Å². The Kier molecular flexibility index (Phi) is 8.05. The normalized spacial score (nSPS) is 21.2. The third-order valence-corrected chi connectivity index (χ3v) is 4.14. The third-order valence-electron chi connectivity index (χ3n) is 3.81. The second-order valence-corrected chi connectivity index (χ2v) is 8.24. The van der Waals surface area contributed by atoms with Gasteiger partial charge < -0.3 is 4.74 Å². The molecule has 0 aromatic rings. The SMILES string of the molecule is CC(C)(Br)C(=O)OC1CCCCCCCCCCC1. The van der Waals surface area contributed by atoms with Crippen molar-refractivity contribution in [2.24, 2.45) is 0 Å². The van der Waals surface area contributed by atoms with Crippen LogP contribution in [-0.2, 0) is 9.53 Å². The van der Waals surface area contributed by atoms with Crippen molar-refractivity contribution in [3.05, 3.63) is 0 Å². The number of hydrogen-bond donors (Lipinski definition) is 0. The van der Waals surface area contributed by atoms with Gasteiger partial charge in [-0.05, 0) is 39.5 Å². The Morgan fingerprint density at radius 2 is 1.26 bits per heavy atom. The predicted molar refractivity (Wildman–Crippen MR) is 83.7 cm³/mol. The van der Waals surface area contributed by atoms with Crippen molar-refractivity contribution in [1.29, 1.82) is 0 Å². The van der Waals surface area contributed by atoms with E-state index >= 15 is 0 Å². The summed E-state index contributed by atoms with van der Waals surface area (Å²) in [6.45, 7) is 3.70. The van der Waals surface area contributed by atoms with Gasteiger partial charge in [-0.3, -0.25) is 4.79 Å². The Labute approximate surface area is 126 Å². The van der Waals surface area contributed by atoms with E-state index in [4.69, 9.17) is 4.74 Å². The summed E-state index contributed by atoms with van der Waals surface area (Å²) < 4.78 is 5.12. The second kappa shape index (κ2) is 8.99. The van der Waals surface area contributed by atoms with Crippen LogP contribution < -0.4 is 0 Å². The van der Waals surface area contributed by atoms with E-state index in [9.17, 15) is 4.79 Å². The van der Waals surface area contributed by atoms with E-state index in [-0.39, 0.29) is 12.1 Å².